The molecule has 246 valence electrons. The van der Waals surface area contributed by atoms with E-state index in [9.17, 15) is 10.2 Å². The van der Waals surface area contributed by atoms with E-state index in [1.54, 1.807) is 6.33 Å². The van der Waals surface area contributed by atoms with Crippen LogP contribution in [0.2, 0.25) is 0 Å². The number of hydrogen-bond donors (Lipinski definition) is 4. The minimum atomic E-state index is -1.07. The van der Waals surface area contributed by atoms with Crippen molar-refractivity contribution in [2.75, 3.05) is 43.4 Å². The Morgan fingerprint density at radius 2 is 1.57 bits per heavy atom. The summed E-state index contributed by atoms with van der Waals surface area (Å²) < 4.78 is 1.86. The molecule has 0 radical (unpaired) electrons. The number of fused-ring (bicyclic) bond motifs is 1. The average molecular weight is 638 g/mol. The van der Waals surface area contributed by atoms with Gasteiger partial charge in [-0.3, -0.25) is 0 Å². The van der Waals surface area contributed by atoms with Gasteiger partial charge in [0, 0.05) is 32.0 Å². The lowest BCUT2D eigenvalue weighted by atomic mass is 9.91. The number of rotatable bonds is 12. The highest BCUT2D eigenvalue weighted by molar-refractivity contribution is 5.84. The molecule has 7 rings (SSSR count). The Kier molecular flexibility index (Phi) is 9.36. The molecule has 13 nitrogen and oxygen atoms in total. The van der Waals surface area contributed by atoms with E-state index in [0.717, 1.165) is 19.6 Å². The lowest BCUT2D eigenvalue weighted by Gasteiger charge is -2.26. The maximum absolute atomic E-state index is 11.3. The van der Waals surface area contributed by atoms with E-state index in [-0.39, 0.29) is 5.92 Å². The number of aromatic nitrogens is 8. The third-order valence-electron chi connectivity index (χ3n) is 9.52. The zero-order valence-corrected chi connectivity index (χ0v) is 26.7. The molecule has 3 aromatic heterocycles. The lowest BCUT2D eigenvalue weighted by Crippen LogP contribution is -2.34. The summed E-state index contributed by atoms with van der Waals surface area (Å²) in [4.78, 5) is 18.5. The van der Waals surface area contributed by atoms with Gasteiger partial charge in [-0.05, 0) is 48.7 Å². The van der Waals surface area contributed by atoms with Crippen LogP contribution in [0, 0.1) is 0 Å². The summed E-state index contributed by atoms with van der Waals surface area (Å²) in [5.74, 6) is 1.78. The zero-order chi connectivity index (χ0) is 32.2. The minimum absolute atomic E-state index is 0.0794. The molecule has 4 N–H and O–H groups in total. The van der Waals surface area contributed by atoms with Gasteiger partial charge in [-0.1, -0.05) is 74.0 Å². The fourth-order valence-corrected chi connectivity index (χ4v) is 6.90. The Balaban J connectivity index is 1.19. The Morgan fingerprint density at radius 1 is 0.872 bits per heavy atom. The standard InChI is InChI=1S/C34H43N11O2/c1-2-28-40-42-45(41-28)27-20-26(30(46)31(27)47)44-22-37-29-32(38-34(39-33(29)44)35-16-19-43-17-10-5-11-18-43)36-21-25(23-12-6-3-7-13-23)24-14-8-4-9-15-24/h3-4,6-9,12-15,22,25-27,30-31,46-47H,2,5,10-11,16-21H2,1H3,(H2,35,36,38,39)/t26-,27+,30+,31-/m1/s1. The van der Waals surface area contributed by atoms with Crippen molar-refractivity contribution in [1.29, 1.82) is 0 Å². The molecule has 2 aliphatic rings. The first kappa shape index (κ1) is 31.2. The summed E-state index contributed by atoms with van der Waals surface area (Å²) >= 11 is 0. The van der Waals surface area contributed by atoms with Crippen molar-refractivity contribution in [1.82, 2.24) is 44.6 Å². The lowest BCUT2D eigenvalue weighted by molar-refractivity contribution is 0.00473. The topological polar surface area (TPSA) is 155 Å². The van der Waals surface area contributed by atoms with Crippen molar-refractivity contribution in [3.05, 3.63) is 83.9 Å². The first-order valence-electron chi connectivity index (χ1n) is 16.8. The van der Waals surface area contributed by atoms with Crippen molar-refractivity contribution in [3.63, 3.8) is 0 Å². The second kappa shape index (κ2) is 14.1. The number of anilines is 2. The van der Waals surface area contributed by atoms with Gasteiger partial charge in [-0.15, -0.1) is 10.2 Å². The maximum atomic E-state index is 11.3. The number of nitrogens with zero attached hydrogens (tertiary/aromatic N) is 9. The molecular formula is C34H43N11O2. The smallest absolute Gasteiger partial charge is 0.226 e. The number of piperidine rings is 1. The summed E-state index contributed by atoms with van der Waals surface area (Å²) in [6.07, 6.45) is 4.33. The second-order valence-corrected chi connectivity index (χ2v) is 12.5. The van der Waals surface area contributed by atoms with Gasteiger partial charge in [0.15, 0.2) is 22.8 Å². The molecule has 1 aliphatic carbocycles. The molecule has 4 heterocycles. The number of aliphatic hydroxyl groups is 2. The number of benzene rings is 2. The fraction of sp³-hybridized carbons (Fsp3) is 0.471. The molecule has 0 spiro atoms. The normalized spacial score (nSPS) is 21.9. The third-order valence-corrected chi connectivity index (χ3v) is 9.52. The van der Waals surface area contributed by atoms with E-state index >= 15 is 0 Å². The molecule has 4 atom stereocenters. The Labute approximate surface area is 274 Å². The van der Waals surface area contributed by atoms with Gasteiger partial charge in [0.05, 0.1) is 12.4 Å². The summed E-state index contributed by atoms with van der Waals surface area (Å²) in [6, 6.07) is 19.9. The van der Waals surface area contributed by atoms with Gasteiger partial charge in [0.2, 0.25) is 5.95 Å². The summed E-state index contributed by atoms with van der Waals surface area (Å²) in [5.41, 5.74) is 3.58. The summed E-state index contributed by atoms with van der Waals surface area (Å²) in [5, 5.41) is 42.0. The number of tetrazole rings is 1. The van der Waals surface area contributed by atoms with Crippen molar-refractivity contribution >= 4 is 22.9 Å². The highest BCUT2D eigenvalue weighted by Gasteiger charge is 2.45. The monoisotopic (exact) mass is 637 g/mol. The van der Waals surface area contributed by atoms with Crippen LogP contribution in [-0.4, -0.2) is 99.8 Å². The van der Waals surface area contributed by atoms with Gasteiger partial charge in [0.25, 0.3) is 0 Å². The Bertz CT molecular complexity index is 1700. The molecule has 1 aliphatic heterocycles. The van der Waals surface area contributed by atoms with E-state index in [0.29, 0.717) is 54.7 Å². The summed E-state index contributed by atoms with van der Waals surface area (Å²) in [6.45, 7) is 6.39. The molecular weight excluding hydrogens is 594 g/mol. The SMILES string of the molecule is CCc1nnn([C@H]2C[C@@H](n3cnc4c(NCC(c5ccccc5)c5ccccc5)nc(NCCN5CCCCC5)nc43)[C@H](O)[C@@H]2O)n1. The Morgan fingerprint density at radius 3 is 2.26 bits per heavy atom. The predicted octanol–water partition coefficient (Wildman–Crippen LogP) is 3.42. The minimum Gasteiger partial charge on any atom is -0.388 e. The van der Waals surface area contributed by atoms with Crippen molar-refractivity contribution in [2.45, 2.75) is 69.2 Å². The molecule has 0 unspecified atom stereocenters. The zero-order valence-electron chi connectivity index (χ0n) is 26.7. The largest absolute Gasteiger partial charge is 0.388 e. The van der Waals surface area contributed by atoms with Crippen molar-refractivity contribution in [2.24, 2.45) is 0 Å². The number of likely N-dealkylation sites (tertiary alicyclic amines) is 1. The van der Waals surface area contributed by atoms with E-state index < -0.39 is 24.3 Å². The fourth-order valence-electron chi connectivity index (χ4n) is 6.90. The van der Waals surface area contributed by atoms with Crippen LogP contribution in [0.15, 0.2) is 67.0 Å². The van der Waals surface area contributed by atoms with Crippen LogP contribution in [0.3, 0.4) is 0 Å². The van der Waals surface area contributed by atoms with Gasteiger partial charge in [-0.2, -0.15) is 14.8 Å². The van der Waals surface area contributed by atoms with Crippen LogP contribution < -0.4 is 10.6 Å². The third kappa shape index (κ3) is 6.69. The van der Waals surface area contributed by atoms with Crippen LogP contribution >= 0.6 is 0 Å². The predicted molar refractivity (Wildman–Crippen MR) is 179 cm³/mol. The summed E-state index contributed by atoms with van der Waals surface area (Å²) in [7, 11) is 0. The molecule has 13 heteroatoms. The average Bonchev–Trinajstić information content (AvgIpc) is 3.84. The van der Waals surface area contributed by atoms with E-state index in [1.165, 1.54) is 35.2 Å². The molecule has 2 fully saturated rings. The van der Waals surface area contributed by atoms with Crippen LogP contribution in [0.4, 0.5) is 11.8 Å². The molecule has 47 heavy (non-hydrogen) atoms. The number of imidazole rings is 1. The molecule has 5 aromatic rings. The van der Waals surface area contributed by atoms with Gasteiger partial charge >= 0.3 is 0 Å². The quantitative estimate of drug-likeness (QED) is 0.159. The van der Waals surface area contributed by atoms with Crippen LogP contribution in [0.5, 0.6) is 0 Å². The number of nitrogens with one attached hydrogen (secondary N) is 2. The van der Waals surface area contributed by atoms with Gasteiger partial charge in [-0.25, -0.2) is 4.98 Å². The molecule has 0 bridgehead atoms. The molecule has 1 saturated carbocycles. The van der Waals surface area contributed by atoms with Crippen molar-refractivity contribution in [3.8, 4) is 0 Å². The number of aryl methyl sites for hydroxylation is 1. The van der Waals surface area contributed by atoms with E-state index in [2.05, 4.69) is 79.5 Å². The second-order valence-electron chi connectivity index (χ2n) is 12.5. The molecule has 0 amide bonds. The van der Waals surface area contributed by atoms with Crippen LogP contribution in [-0.2, 0) is 6.42 Å². The van der Waals surface area contributed by atoms with Gasteiger partial charge < -0.3 is 30.3 Å². The van der Waals surface area contributed by atoms with Crippen LogP contribution in [0.25, 0.3) is 11.2 Å². The van der Waals surface area contributed by atoms with Crippen molar-refractivity contribution < 1.29 is 10.2 Å². The van der Waals surface area contributed by atoms with Gasteiger partial charge in [0.1, 0.15) is 18.2 Å². The van der Waals surface area contributed by atoms with E-state index in [4.69, 9.17) is 15.0 Å². The number of aliphatic hydroxyl groups excluding tert-OH is 2. The molecule has 2 aromatic carbocycles. The molecule has 1 saturated heterocycles. The first-order valence-corrected chi connectivity index (χ1v) is 16.8. The maximum Gasteiger partial charge on any atom is 0.226 e. The van der Waals surface area contributed by atoms with E-state index in [1.807, 2.05) is 23.6 Å². The first-order chi connectivity index (χ1) is 23.1. The highest BCUT2D eigenvalue weighted by atomic mass is 16.3. The highest BCUT2D eigenvalue weighted by Crippen LogP contribution is 2.39. The Hall–Kier alpha value is -4.46. The van der Waals surface area contributed by atoms with Crippen LogP contribution in [0.1, 0.15) is 67.6 Å². The number of hydrogen-bond acceptors (Lipinski definition) is 11.